The van der Waals surface area contributed by atoms with Crippen LogP contribution in [0.2, 0.25) is 0 Å². The fraction of sp³-hybridized carbons (Fsp3) is 1.00. The maximum atomic E-state index is 11.6. The van der Waals surface area contributed by atoms with E-state index < -0.39 is 10.0 Å². The lowest BCUT2D eigenvalue weighted by molar-refractivity contribution is -0.347. The van der Waals surface area contributed by atoms with Gasteiger partial charge >= 0.3 is 10.0 Å². The van der Waals surface area contributed by atoms with Crippen molar-refractivity contribution in [2.45, 2.75) is 10.0 Å². The molecular weight excluding hydrogens is 262 g/mol. The van der Waals surface area contributed by atoms with Gasteiger partial charge in [-0.2, -0.15) is 17.6 Å². The lowest BCUT2D eigenvalue weighted by Gasteiger charge is -2.15. The van der Waals surface area contributed by atoms with E-state index in [1.807, 2.05) is 4.94 Å². The molecule has 0 heterocycles. The Morgan fingerprint density at radius 1 is 1.11 bits per heavy atom. The standard InChI is InChI=1S/C2F5IO/c3-1(4,5)2(6,8)9-7. The van der Waals surface area contributed by atoms with E-state index in [0.717, 1.165) is 0 Å². The van der Waals surface area contributed by atoms with Gasteiger partial charge in [0.15, 0.2) is 0 Å². The van der Waals surface area contributed by atoms with Gasteiger partial charge < -0.3 is 0 Å². The second-order valence-electron chi connectivity index (χ2n) is 1.09. The minimum Gasteiger partial charge on any atom is -0.186 e. The molecule has 1 atom stereocenters. The molecule has 0 spiro atoms. The second kappa shape index (κ2) is 2.52. The van der Waals surface area contributed by atoms with E-state index >= 15 is 0 Å². The van der Waals surface area contributed by atoms with Gasteiger partial charge in [-0.25, -0.2) is 0 Å². The largest absolute Gasteiger partial charge is 0.461 e. The maximum absolute atomic E-state index is 11.6. The molecule has 1 unspecified atom stereocenters. The Morgan fingerprint density at radius 3 is 1.44 bits per heavy atom. The Balaban J connectivity index is 4.14. The molecule has 0 radical (unpaired) electrons. The normalized spacial score (nSPS) is 19.3. The molecule has 0 aromatic carbocycles. The number of hydrogen-bond acceptors (Lipinski definition) is 1. The average Bonchev–Trinajstić information content (AvgIpc) is 1.64. The smallest absolute Gasteiger partial charge is 0.186 e. The fourth-order valence-electron chi connectivity index (χ4n) is 0.0437. The van der Waals surface area contributed by atoms with Gasteiger partial charge in [0.2, 0.25) is 0 Å². The molecule has 0 saturated carbocycles. The van der Waals surface area contributed by atoms with Crippen LogP contribution in [0.5, 0.6) is 0 Å². The predicted octanol–water partition coefficient (Wildman–Crippen LogP) is 2.51. The van der Waals surface area contributed by atoms with Gasteiger partial charge in [-0.1, -0.05) is 0 Å². The van der Waals surface area contributed by atoms with E-state index in [4.69, 9.17) is 0 Å². The maximum Gasteiger partial charge on any atom is 0.461 e. The highest BCUT2D eigenvalue weighted by Crippen LogP contribution is 2.40. The molecule has 0 aliphatic heterocycles. The number of halogens is 6. The van der Waals surface area contributed by atoms with E-state index in [1.165, 1.54) is 0 Å². The molecular formula is C2F5IO. The number of rotatable bonds is 1. The van der Waals surface area contributed by atoms with Gasteiger partial charge in [0.25, 0.3) is 0 Å². The molecule has 0 N–H and O–H groups in total. The molecule has 56 valence electrons. The van der Waals surface area contributed by atoms with Crippen molar-refractivity contribution in [3.63, 3.8) is 0 Å². The van der Waals surface area contributed by atoms with E-state index in [2.05, 4.69) is 0 Å². The summed E-state index contributed by atoms with van der Waals surface area (Å²) in [6.45, 7) is 0. The van der Waals surface area contributed by atoms with Crippen molar-refractivity contribution in [1.29, 1.82) is 0 Å². The van der Waals surface area contributed by atoms with Crippen LogP contribution in [-0.4, -0.2) is 10.0 Å². The summed E-state index contributed by atoms with van der Waals surface area (Å²) in [5.41, 5.74) is 0. The van der Waals surface area contributed by atoms with Crippen LogP contribution in [0.1, 0.15) is 0 Å². The molecule has 9 heavy (non-hydrogen) atoms. The van der Waals surface area contributed by atoms with Crippen molar-refractivity contribution < 1.29 is 27.0 Å². The van der Waals surface area contributed by atoms with Gasteiger partial charge in [0, 0.05) is 22.6 Å². The van der Waals surface area contributed by atoms with Crippen molar-refractivity contribution in [2.75, 3.05) is 0 Å². The highest BCUT2D eigenvalue weighted by Gasteiger charge is 2.57. The molecule has 0 rings (SSSR count). The monoisotopic (exact) mass is 262 g/mol. The second-order valence-corrected chi connectivity index (χ2v) is 2.48. The SMILES string of the molecule is FOC(F)(I)C(F)(F)F. The highest BCUT2D eigenvalue weighted by atomic mass is 127. The average molecular weight is 262 g/mol. The minimum absolute atomic E-state index is 0.158. The Bertz CT molecular complexity index is 97.6. The van der Waals surface area contributed by atoms with Crippen LogP contribution in [0.15, 0.2) is 0 Å². The summed E-state index contributed by atoms with van der Waals surface area (Å²) in [6.07, 6.45) is -5.33. The van der Waals surface area contributed by atoms with Gasteiger partial charge in [0.1, 0.15) is 0 Å². The lowest BCUT2D eigenvalue weighted by atomic mass is 10.7. The summed E-state index contributed by atoms with van der Waals surface area (Å²) in [7, 11) is 0. The van der Waals surface area contributed by atoms with Gasteiger partial charge in [-0.05, 0) is 4.53 Å². The first-order valence-electron chi connectivity index (χ1n) is 1.55. The zero-order chi connectivity index (χ0) is 7.71. The molecule has 0 bridgehead atoms. The van der Waals surface area contributed by atoms with Crippen LogP contribution >= 0.6 is 22.6 Å². The van der Waals surface area contributed by atoms with Crippen molar-refractivity contribution >= 4 is 22.6 Å². The zero-order valence-corrected chi connectivity index (χ0v) is 5.83. The minimum atomic E-state index is -5.33. The molecule has 0 aromatic heterocycles. The Labute approximate surface area is 60.2 Å². The molecule has 0 amide bonds. The fourth-order valence-corrected chi connectivity index (χ4v) is 0.0437. The first-order chi connectivity index (χ1) is 3.81. The van der Waals surface area contributed by atoms with E-state index in [9.17, 15) is 22.1 Å². The molecule has 0 aromatic rings. The van der Waals surface area contributed by atoms with Crippen LogP contribution in [-0.2, 0) is 4.94 Å². The summed E-state index contributed by atoms with van der Waals surface area (Å²) in [5, 5.41) is 0. The van der Waals surface area contributed by atoms with Crippen molar-refractivity contribution in [2.24, 2.45) is 0 Å². The summed E-state index contributed by atoms with van der Waals surface area (Å²) in [5.74, 6) is 0. The lowest BCUT2D eigenvalue weighted by Crippen LogP contribution is -2.34. The van der Waals surface area contributed by atoms with Crippen LogP contribution in [0.4, 0.5) is 22.1 Å². The van der Waals surface area contributed by atoms with Crippen LogP contribution < -0.4 is 0 Å². The molecule has 0 fully saturated rings. The summed E-state index contributed by atoms with van der Waals surface area (Å²) in [6, 6.07) is 0. The molecule has 0 aliphatic carbocycles. The quantitative estimate of drug-likeness (QED) is 0.400. The summed E-state index contributed by atoms with van der Waals surface area (Å²) in [4.78, 5) is 2.00. The third-order valence-electron chi connectivity index (χ3n) is 0.427. The van der Waals surface area contributed by atoms with E-state index in [-0.39, 0.29) is 22.6 Å². The third-order valence-corrected chi connectivity index (χ3v) is 1.20. The van der Waals surface area contributed by atoms with Crippen LogP contribution in [0.25, 0.3) is 0 Å². The summed E-state index contributed by atoms with van der Waals surface area (Å²) >= 11 is 0.158. The predicted molar refractivity (Wildman–Crippen MR) is 26.1 cm³/mol. The number of hydrogen-bond donors (Lipinski definition) is 0. The van der Waals surface area contributed by atoms with Gasteiger partial charge in [-0.3, -0.25) is 0 Å². The first kappa shape index (κ1) is 9.34. The van der Waals surface area contributed by atoms with E-state index in [1.54, 1.807) is 0 Å². The third kappa shape index (κ3) is 2.20. The molecule has 7 heteroatoms. The van der Waals surface area contributed by atoms with Crippen LogP contribution in [0.3, 0.4) is 0 Å². The van der Waals surface area contributed by atoms with Crippen molar-refractivity contribution in [1.82, 2.24) is 0 Å². The Morgan fingerprint density at radius 2 is 1.44 bits per heavy atom. The highest BCUT2D eigenvalue weighted by molar-refractivity contribution is 14.1. The molecule has 0 saturated heterocycles. The van der Waals surface area contributed by atoms with Crippen molar-refractivity contribution in [3.05, 3.63) is 0 Å². The molecule has 0 aliphatic rings. The Hall–Kier alpha value is 0.340. The van der Waals surface area contributed by atoms with E-state index in [0.29, 0.717) is 0 Å². The topological polar surface area (TPSA) is 9.23 Å². The first-order valence-corrected chi connectivity index (χ1v) is 2.63. The van der Waals surface area contributed by atoms with Crippen LogP contribution in [0, 0.1) is 0 Å². The molecule has 1 nitrogen and oxygen atoms in total. The van der Waals surface area contributed by atoms with Crippen molar-refractivity contribution in [3.8, 4) is 0 Å². The zero-order valence-electron chi connectivity index (χ0n) is 3.68. The van der Waals surface area contributed by atoms with Gasteiger partial charge in [-0.15, -0.1) is 4.94 Å². The van der Waals surface area contributed by atoms with Gasteiger partial charge in [0.05, 0.1) is 0 Å². The Kier molecular flexibility index (Phi) is 2.62. The number of alkyl halides is 5. The summed E-state index contributed by atoms with van der Waals surface area (Å²) < 4.78 is 51.3.